The zero-order chi connectivity index (χ0) is 18.4. The second-order valence-corrected chi connectivity index (χ2v) is 7.44. The van der Waals surface area contributed by atoms with Gasteiger partial charge in [0.25, 0.3) is 0 Å². The third-order valence-corrected chi connectivity index (χ3v) is 4.73. The number of nitrogens with zero attached hydrogens (tertiary/aromatic N) is 4. The number of benzene rings is 1. The van der Waals surface area contributed by atoms with Crippen LogP contribution in [0.5, 0.6) is 0 Å². The van der Waals surface area contributed by atoms with Gasteiger partial charge in [-0.3, -0.25) is 0 Å². The van der Waals surface area contributed by atoms with Crippen molar-refractivity contribution in [1.29, 1.82) is 0 Å². The Labute approximate surface area is 185 Å². The maximum Gasteiger partial charge on any atom is 0.191 e. The van der Waals surface area contributed by atoms with Crippen LogP contribution >= 0.6 is 46.9 Å². The molecule has 3 aromatic rings. The van der Waals surface area contributed by atoms with Crippen LogP contribution in [0.15, 0.2) is 47.8 Å². The first-order chi connectivity index (χ1) is 12.6. The molecule has 0 fully saturated rings. The van der Waals surface area contributed by atoms with Crippen LogP contribution in [0, 0.1) is 6.92 Å². The minimum Gasteiger partial charge on any atom is -0.357 e. The van der Waals surface area contributed by atoms with Crippen molar-refractivity contribution < 1.29 is 0 Å². The maximum atomic E-state index is 5.93. The monoisotopic (exact) mass is 516 g/mol. The van der Waals surface area contributed by atoms with Gasteiger partial charge in [0.15, 0.2) is 5.96 Å². The highest BCUT2D eigenvalue weighted by Gasteiger charge is 2.04. The molecule has 144 valence electrons. The standard InChI is InChI=1S/C18H21ClN6S.HI/c1-3-20-18(23-11-17-21-8-13(2)26-17)22-9-14-10-24-25(12-14)16-6-4-15(19)5-7-16;/h4-8,10,12H,3,9,11H2,1-2H3,(H2,20,22,23);1H. The number of halogens is 2. The third kappa shape index (κ3) is 6.47. The number of nitrogens with one attached hydrogen (secondary N) is 2. The third-order valence-electron chi connectivity index (χ3n) is 3.57. The average molecular weight is 517 g/mol. The van der Waals surface area contributed by atoms with Crippen LogP contribution in [0.3, 0.4) is 0 Å². The van der Waals surface area contributed by atoms with Gasteiger partial charge < -0.3 is 10.6 Å². The Morgan fingerprint density at radius 2 is 2.00 bits per heavy atom. The number of aryl methyl sites for hydroxylation is 1. The Bertz CT molecular complexity index is 874. The van der Waals surface area contributed by atoms with E-state index in [1.54, 1.807) is 11.3 Å². The molecular formula is C18H22ClIN6S. The van der Waals surface area contributed by atoms with Crippen molar-refractivity contribution >= 4 is 52.9 Å². The highest BCUT2D eigenvalue weighted by atomic mass is 127. The number of hydrogen-bond acceptors (Lipinski definition) is 4. The summed E-state index contributed by atoms with van der Waals surface area (Å²) >= 11 is 7.61. The molecule has 0 saturated heterocycles. The highest BCUT2D eigenvalue weighted by Crippen LogP contribution is 2.14. The van der Waals surface area contributed by atoms with E-state index in [1.807, 2.05) is 54.5 Å². The van der Waals surface area contributed by atoms with Crippen molar-refractivity contribution in [2.75, 3.05) is 6.54 Å². The lowest BCUT2D eigenvalue weighted by atomic mass is 10.3. The molecule has 2 aromatic heterocycles. The van der Waals surface area contributed by atoms with Gasteiger partial charge in [-0.25, -0.2) is 14.7 Å². The molecule has 0 atom stereocenters. The Morgan fingerprint density at radius 3 is 2.67 bits per heavy atom. The summed E-state index contributed by atoms with van der Waals surface area (Å²) in [6.45, 7) is 6.10. The number of rotatable bonds is 6. The quantitative estimate of drug-likeness (QED) is 0.293. The van der Waals surface area contributed by atoms with Crippen molar-refractivity contribution in [3.05, 3.63) is 63.3 Å². The van der Waals surface area contributed by atoms with Gasteiger partial charge in [-0.2, -0.15) is 5.10 Å². The number of hydrogen-bond donors (Lipinski definition) is 2. The first kappa shape index (κ1) is 21.6. The number of aromatic nitrogens is 3. The normalized spacial score (nSPS) is 11.1. The topological polar surface area (TPSA) is 67.1 Å². The Kier molecular flexibility index (Phi) is 8.52. The molecule has 0 aliphatic rings. The van der Waals surface area contributed by atoms with Crippen LogP contribution in [0.1, 0.15) is 22.4 Å². The van der Waals surface area contributed by atoms with Gasteiger partial charge in [0, 0.05) is 34.4 Å². The molecule has 0 spiro atoms. The zero-order valence-corrected chi connectivity index (χ0v) is 19.0. The fourth-order valence-electron chi connectivity index (χ4n) is 2.33. The van der Waals surface area contributed by atoms with Crippen LogP contribution in [0.25, 0.3) is 5.69 Å². The van der Waals surface area contributed by atoms with Crippen LogP contribution < -0.4 is 10.6 Å². The molecule has 0 amide bonds. The van der Waals surface area contributed by atoms with Crippen LogP contribution in [-0.4, -0.2) is 27.3 Å². The Balaban J connectivity index is 0.00000261. The molecule has 2 N–H and O–H groups in total. The van der Waals surface area contributed by atoms with Gasteiger partial charge in [0.2, 0.25) is 0 Å². The van der Waals surface area contributed by atoms with Gasteiger partial charge in [-0.05, 0) is 38.1 Å². The molecule has 0 bridgehead atoms. The Morgan fingerprint density at radius 1 is 1.22 bits per heavy atom. The van der Waals surface area contributed by atoms with Crippen molar-refractivity contribution in [2.45, 2.75) is 26.9 Å². The summed E-state index contributed by atoms with van der Waals surface area (Å²) in [5.41, 5.74) is 2.00. The van der Waals surface area contributed by atoms with Gasteiger partial charge in [-0.15, -0.1) is 35.3 Å². The van der Waals surface area contributed by atoms with E-state index in [2.05, 4.69) is 32.6 Å². The summed E-state index contributed by atoms with van der Waals surface area (Å²) in [5, 5.41) is 12.7. The fourth-order valence-corrected chi connectivity index (χ4v) is 3.18. The summed E-state index contributed by atoms with van der Waals surface area (Å²) in [5.74, 6) is 0.764. The predicted octanol–water partition coefficient (Wildman–Crippen LogP) is 4.16. The second kappa shape index (κ2) is 10.6. The predicted molar refractivity (Wildman–Crippen MR) is 122 cm³/mol. The SMILES string of the molecule is CCNC(=NCc1cnn(-c2ccc(Cl)cc2)c1)NCc1ncc(C)s1.I. The van der Waals surface area contributed by atoms with E-state index < -0.39 is 0 Å². The molecule has 0 aliphatic heterocycles. The van der Waals surface area contributed by atoms with Crippen LogP contribution in [0.2, 0.25) is 5.02 Å². The van der Waals surface area contributed by atoms with Gasteiger partial charge in [-0.1, -0.05) is 11.6 Å². The first-order valence-corrected chi connectivity index (χ1v) is 9.56. The number of aliphatic imine (C=N–C) groups is 1. The van der Waals surface area contributed by atoms with E-state index in [1.165, 1.54) is 4.88 Å². The minimum absolute atomic E-state index is 0. The molecule has 1 aromatic carbocycles. The van der Waals surface area contributed by atoms with Gasteiger partial charge in [0.05, 0.1) is 25.0 Å². The molecule has 3 rings (SSSR count). The molecule has 6 nitrogen and oxygen atoms in total. The molecule has 0 aliphatic carbocycles. The van der Waals surface area contributed by atoms with E-state index in [4.69, 9.17) is 11.6 Å². The minimum atomic E-state index is 0. The van der Waals surface area contributed by atoms with E-state index in [-0.39, 0.29) is 24.0 Å². The molecular weight excluding hydrogens is 495 g/mol. The number of thiazole rings is 1. The maximum absolute atomic E-state index is 5.93. The summed E-state index contributed by atoms with van der Waals surface area (Å²) in [7, 11) is 0. The largest absolute Gasteiger partial charge is 0.357 e. The van der Waals surface area contributed by atoms with Crippen molar-refractivity contribution in [1.82, 2.24) is 25.4 Å². The zero-order valence-electron chi connectivity index (χ0n) is 15.1. The van der Waals surface area contributed by atoms with E-state index >= 15 is 0 Å². The summed E-state index contributed by atoms with van der Waals surface area (Å²) < 4.78 is 1.82. The van der Waals surface area contributed by atoms with Crippen molar-refractivity contribution in [3.8, 4) is 5.69 Å². The molecule has 2 heterocycles. The van der Waals surface area contributed by atoms with E-state index in [9.17, 15) is 0 Å². The summed E-state index contributed by atoms with van der Waals surface area (Å²) in [6.07, 6.45) is 5.68. The summed E-state index contributed by atoms with van der Waals surface area (Å²) in [6, 6.07) is 7.57. The smallest absolute Gasteiger partial charge is 0.191 e. The first-order valence-electron chi connectivity index (χ1n) is 8.37. The lowest BCUT2D eigenvalue weighted by Crippen LogP contribution is -2.36. The fraction of sp³-hybridized carbons (Fsp3) is 0.278. The lowest BCUT2D eigenvalue weighted by molar-refractivity contribution is 0.811. The summed E-state index contributed by atoms with van der Waals surface area (Å²) in [4.78, 5) is 10.2. The second-order valence-electron chi connectivity index (χ2n) is 5.68. The van der Waals surface area contributed by atoms with Crippen molar-refractivity contribution in [3.63, 3.8) is 0 Å². The molecule has 0 radical (unpaired) electrons. The van der Waals surface area contributed by atoms with E-state index in [0.717, 1.165) is 28.8 Å². The van der Waals surface area contributed by atoms with Gasteiger partial charge >= 0.3 is 0 Å². The van der Waals surface area contributed by atoms with Crippen molar-refractivity contribution in [2.24, 2.45) is 4.99 Å². The number of guanidine groups is 1. The average Bonchev–Trinajstić information content (AvgIpc) is 3.27. The molecule has 9 heteroatoms. The molecule has 0 unspecified atom stereocenters. The van der Waals surface area contributed by atoms with Crippen LogP contribution in [0.4, 0.5) is 0 Å². The molecule has 27 heavy (non-hydrogen) atoms. The highest BCUT2D eigenvalue weighted by molar-refractivity contribution is 14.0. The van der Waals surface area contributed by atoms with Crippen LogP contribution in [-0.2, 0) is 13.1 Å². The van der Waals surface area contributed by atoms with Gasteiger partial charge in [0.1, 0.15) is 5.01 Å². The van der Waals surface area contributed by atoms with E-state index in [0.29, 0.717) is 18.1 Å². The Hall–Kier alpha value is -1.65. The lowest BCUT2D eigenvalue weighted by Gasteiger charge is -2.09. The molecule has 0 saturated carbocycles.